The molecular formula is C14H18ClNO4. The van der Waals surface area contributed by atoms with Crippen LogP contribution in [0.25, 0.3) is 0 Å². The first kappa shape index (κ1) is 16.3. The van der Waals surface area contributed by atoms with E-state index in [1.807, 2.05) is 6.92 Å². The number of carbonyl (C=O) groups excluding carboxylic acids is 1. The molecule has 1 unspecified atom stereocenters. The molecule has 110 valence electrons. The number of carboxylic acid groups (broad SMARTS) is 1. The van der Waals surface area contributed by atoms with Crippen molar-refractivity contribution in [3.05, 3.63) is 29.8 Å². The Bertz CT molecular complexity index is 492. The molecule has 1 heterocycles. The minimum absolute atomic E-state index is 0. The fraction of sp³-hybridized carbons (Fsp3) is 0.429. The van der Waals surface area contributed by atoms with Gasteiger partial charge in [-0.15, -0.1) is 12.4 Å². The van der Waals surface area contributed by atoms with Crippen molar-refractivity contribution in [2.24, 2.45) is 5.92 Å². The molecule has 1 N–H and O–H groups in total. The summed E-state index contributed by atoms with van der Waals surface area (Å²) < 4.78 is 5.35. The van der Waals surface area contributed by atoms with Crippen molar-refractivity contribution in [3.8, 4) is 5.75 Å². The normalized spacial score (nSPS) is 17.4. The molecule has 1 aromatic carbocycles. The van der Waals surface area contributed by atoms with E-state index in [-0.39, 0.29) is 24.9 Å². The molecule has 1 aliphatic heterocycles. The van der Waals surface area contributed by atoms with Crippen molar-refractivity contribution in [2.45, 2.75) is 13.3 Å². The first-order valence-corrected chi connectivity index (χ1v) is 6.36. The summed E-state index contributed by atoms with van der Waals surface area (Å²) in [6.45, 7) is 3.20. The van der Waals surface area contributed by atoms with E-state index in [2.05, 4.69) is 0 Å². The molecule has 0 aliphatic carbocycles. The van der Waals surface area contributed by atoms with Gasteiger partial charge in [0.25, 0.3) is 5.91 Å². The molecule has 5 nitrogen and oxygen atoms in total. The highest BCUT2D eigenvalue weighted by Gasteiger charge is 2.31. The number of halogens is 1. The Morgan fingerprint density at radius 2 is 2.20 bits per heavy atom. The standard InChI is InChI=1S/C14H17NO4.ClH/c1-2-19-12-5-3-4-10(8-12)13(16)15-7-6-11(9-15)14(17)18;/h3-5,8,11H,2,6-7,9H2,1H3,(H,17,18);1H. The Kier molecular flexibility index (Phi) is 5.82. The molecular weight excluding hydrogens is 282 g/mol. The van der Waals surface area contributed by atoms with E-state index in [1.54, 1.807) is 29.2 Å². The minimum Gasteiger partial charge on any atom is -0.494 e. The van der Waals surface area contributed by atoms with Crippen LogP contribution in [0.15, 0.2) is 24.3 Å². The zero-order chi connectivity index (χ0) is 13.8. The molecule has 1 aromatic rings. The highest BCUT2D eigenvalue weighted by molar-refractivity contribution is 5.95. The van der Waals surface area contributed by atoms with E-state index in [4.69, 9.17) is 9.84 Å². The van der Waals surface area contributed by atoms with Gasteiger partial charge in [0.05, 0.1) is 12.5 Å². The van der Waals surface area contributed by atoms with Gasteiger partial charge in [-0.1, -0.05) is 6.07 Å². The zero-order valence-electron chi connectivity index (χ0n) is 11.2. The number of rotatable bonds is 4. The lowest BCUT2D eigenvalue weighted by molar-refractivity contribution is -0.141. The third-order valence-corrected chi connectivity index (χ3v) is 3.22. The van der Waals surface area contributed by atoms with E-state index < -0.39 is 11.9 Å². The molecule has 0 saturated carbocycles. The molecule has 0 radical (unpaired) electrons. The summed E-state index contributed by atoms with van der Waals surface area (Å²) in [5, 5.41) is 8.94. The van der Waals surface area contributed by atoms with E-state index >= 15 is 0 Å². The van der Waals surface area contributed by atoms with Gasteiger partial charge >= 0.3 is 5.97 Å². The van der Waals surface area contributed by atoms with Crippen LogP contribution >= 0.6 is 12.4 Å². The van der Waals surface area contributed by atoms with E-state index in [0.717, 1.165) is 0 Å². The Morgan fingerprint density at radius 3 is 2.80 bits per heavy atom. The van der Waals surface area contributed by atoms with Gasteiger partial charge in [-0.25, -0.2) is 0 Å². The first-order valence-electron chi connectivity index (χ1n) is 6.36. The number of carbonyl (C=O) groups is 2. The second-order valence-electron chi connectivity index (χ2n) is 4.54. The lowest BCUT2D eigenvalue weighted by atomic mass is 10.1. The van der Waals surface area contributed by atoms with Gasteiger partial charge in [0.2, 0.25) is 0 Å². The summed E-state index contributed by atoms with van der Waals surface area (Å²) in [6, 6.07) is 6.98. The molecule has 1 aliphatic rings. The van der Waals surface area contributed by atoms with Gasteiger partial charge in [0, 0.05) is 18.7 Å². The van der Waals surface area contributed by atoms with Crippen LogP contribution < -0.4 is 4.74 Å². The minimum atomic E-state index is -0.835. The molecule has 1 fully saturated rings. The Morgan fingerprint density at radius 1 is 1.45 bits per heavy atom. The van der Waals surface area contributed by atoms with Crippen LogP contribution in [0.2, 0.25) is 0 Å². The van der Waals surface area contributed by atoms with Crippen LogP contribution in [0, 0.1) is 5.92 Å². The molecule has 6 heteroatoms. The second-order valence-corrected chi connectivity index (χ2v) is 4.54. The molecule has 1 amide bonds. The van der Waals surface area contributed by atoms with Crippen molar-refractivity contribution in [1.82, 2.24) is 4.90 Å². The maximum atomic E-state index is 12.2. The SMILES string of the molecule is CCOc1cccc(C(=O)N2CCC(C(=O)O)C2)c1.Cl. The smallest absolute Gasteiger partial charge is 0.308 e. The Hall–Kier alpha value is -1.75. The number of ether oxygens (including phenoxy) is 1. The molecule has 1 atom stereocenters. The van der Waals surface area contributed by atoms with Crippen LogP contribution in [-0.2, 0) is 4.79 Å². The average molecular weight is 300 g/mol. The van der Waals surface area contributed by atoms with Crippen LogP contribution in [-0.4, -0.2) is 41.6 Å². The number of amides is 1. The third kappa shape index (κ3) is 3.63. The summed E-state index contributed by atoms with van der Waals surface area (Å²) in [4.78, 5) is 24.7. The van der Waals surface area contributed by atoms with Gasteiger partial charge in [0.1, 0.15) is 5.75 Å². The molecule has 20 heavy (non-hydrogen) atoms. The Balaban J connectivity index is 0.00000200. The number of aliphatic carboxylic acids is 1. The molecule has 0 aromatic heterocycles. The van der Waals surface area contributed by atoms with Crippen LogP contribution in [0.5, 0.6) is 5.75 Å². The number of hydrogen-bond acceptors (Lipinski definition) is 3. The highest BCUT2D eigenvalue weighted by Crippen LogP contribution is 2.21. The van der Waals surface area contributed by atoms with Gasteiger partial charge in [-0.05, 0) is 31.5 Å². The van der Waals surface area contributed by atoms with Crippen molar-refractivity contribution in [3.63, 3.8) is 0 Å². The molecule has 1 saturated heterocycles. The summed E-state index contributed by atoms with van der Waals surface area (Å²) in [7, 11) is 0. The largest absolute Gasteiger partial charge is 0.494 e. The molecule has 0 bridgehead atoms. The summed E-state index contributed by atoms with van der Waals surface area (Å²) in [6.07, 6.45) is 0.520. The quantitative estimate of drug-likeness (QED) is 0.924. The van der Waals surface area contributed by atoms with Crippen molar-refractivity contribution in [1.29, 1.82) is 0 Å². The summed E-state index contributed by atoms with van der Waals surface area (Å²) in [5.41, 5.74) is 0.539. The first-order chi connectivity index (χ1) is 9.11. The highest BCUT2D eigenvalue weighted by atomic mass is 35.5. The Labute approximate surface area is 123 Å². The van der Waals surface area contributed by atoms with Crippen molar-refractivity contribution >= 4 is 24.3 Å². The van der Waals surface area contributed by atoms with Crippen molar-refractivity contribution in [2.75, 3.05) is 19.7 Å². The van der Waals surface area contributed by atoms with E-state index in [0.29, 0.717) is 30.9 Å². The number of likely N-dealkylation sites (tertiary alicyclic amines) is 1. The van der Waals surface area contributed by atoms with E-state index in [1.165, 1.54) is 0 Å². The van der Waals surface area contributed by atoms with Gasteiger partial charge in [-0.2, -0.15) is 0 Å². The predicted octanol–water partition coefficient (Wildman–Crippen LogP) is 2.05. The maximum absolute atomic E-state index is 12.2. The lowest BCUT2D eigenvalue weighted by Gasteiger charge is -2.16. The molecule has 2 rings (SSSR count). The number of nitrogens with zero attached hydrogens (tertiary/aromatic N) is 1. The zero-order valence-corrected chi connectivity index (χ0v) is 12.1. The fourth-order valence-corrected chi connectivity index (χ4v) is 2.21. The number of benzene rings is 1. The summed E-state index contributed by atoms with van der Waals surface area (Å²) >= 11 is 0. The van der Waals surface area contributed by atoms with Crippen LogP contribution in [0.3, 0.4) is 0 Å². The van der Waals surface area contributed by atoms with Crippen LogP contribution in [0.1, 0.15) is 23.7 Å². The van der Waals surface area contributed by atoms with Crippen molar-refractivity contribution < 1.29 is 19.4 Å². The fourth-order valence-electron chi connectivity index (χ4n) is 2.21. The average Bonchev–Trinajstić information content (AvgIpc) is 2.88. The third-order valence-electron chi connectivity index (χ3n) is 3.22. The number of hydrogen-bond donors (Lipinski definition) is 1. The van der Waals surface area contributed by atoms with E-state index in [9.17, 15) is 9.59 Å². The summed E-state index contributed by atoms with van der Waals surface area (Å²) in [5.74, 6) is -0.759. The lowest BCUT2D eigenvalue weighted by Crippen LogP contribution is -2.29. The second kappa shape index (κ2) is 7.14. The van der Waals surface area contributed by atoms with Crippen LogP contribution in [0.4, 0.5) is 0 Å². The predicted molar refractivity (Wildman–Crippen MR) is 76.5 cm³/mol. The van der Waals surface area contributed by atoms with Gasteiger partial charge < -0.3 is 14.7 Å². The van der Waals surface area contributed by atoms with Gasteiger partial charge in [0.15, 0.2) is 0 Å². The number of carboxylic acids is 1. The topological polar surface area (TPSA) is 66.8 Å². The monoisotopic (exact) mass is 299 g/mol. The van der Waals surface area contributed by atoms with Gasteiger partial charge in [-0.3, -0.25) is 9.59 Å². The maximum Gasteiger partial charge on any atom is 0.308 e. The molecule has 0 spiro atoms.